The highest BCUT2D eigenvalue weighted by Gasteiger charge is 2.33. The van der Waals surface area contributed by atoms with E-state index in [9.17, 15) is 9.18 Å². The third-order valence-corrected chi connectivity index (χ3v) is 3.62. The Morgan fingerprint density at radius 3 is 2.68 bits per heavy atom. The maximum absolute atomic E-state index is 13.3. The average molecular weight is 345 g/mol. The van der Waals surface area contributed by atoms with Crippen molar-refractivity contribution in [2.24, 2.45) is 5.73 Å². The van der Waals surface area contributed by atoms with E-state index in [4.69, 9.17) is 18.0 Å². The molecule has 0 spiro atoms. The van der Waals surface area contributed by atoms with Crippen LogP contribution in [0.25, 0.3) is 0 Å². The lowest BCUT2D eigenvalue weighted by atomic mass is 10.2. The van der Waals surface area contributed by atoms with Crippen LogP contribution < -0.4 is 5.73 Å². The molecule has 1 aliphatic carbocycles. The summed E-state index contributed by atoms with van der Waals surface area (Å²) in [7, 11) is 0. The van der Waals surface area contributed by atoms with Gasteiger partial charge in [-0.15, -0.1) is 0 Å². The van der Waals surface area contributed by atoms with Crippen molar-refractivity contribution in [3.63, 3.8) is 0 Å². The van der Waals surface area contributed by atoms with Crippen LogP contribution in [0.1, 0.15) is 29.6 Å². The highest BCUT2D eigenvalue weighted by atomic mass is 79.9. The number of thiocarbonyl (C=S) groups is 1. The van der Waals surface area contributed by atoms with Crippen molar-refractivity contribution in [3.05, 3.63) is 34.1 Å². The number of carbonyl (C=O) groups excluding carboxylic acids is 1. The van der Waals surface area contributed by atoms with Crippen LogP contribution in [0.2, 0.25) is 0 Å². The maximum atomic E-state index is 13.3. The van der Waals surface area contributed by atoms with Gasteiger partial charge in [0, 0.05) is 29.0 Å². The Morgan fingerprint density at radius 1 is 1.47 bits per heavy atom. The second-order valence-electron chi connectivity index (χ2n) is 4.60. The van der Waals surface area contributed by atoms with Crippen LogP contribution in [0.5, 0.6) is 0 Å². The molecule has 19 heavy (non-hydrogen) atoms. The largest absolute Gasteiger partial charge is 0.393 e. The van der Waals surface area contributed by atoms with E-state index in [-0.39, 0.29) is 11.9 Å². The van der Waals surface area contributed by atoms with Gasteiger partial charge < -0.3 is 10.6 Å². The van der Waals surface area contributed by atoms with E-state index in [2.05, 4.69) is 15.9 Å². The van der Waals surface area contributed by atoms with Gasteiger partial charge in [-0.05, 0) is 31.0 Å². The van der Waals surface area contributed by atoms with E-state index in [0.29, 0.717) is 28.0 Å². The third-order valence-electron chi connectivity index (χ3n) is 2.96. The summed E-state index contributed by atoms with van der Waals surface area (Å²) in [4.78, 5) is 14.5. The summed E-state index contributed by atoms with van der Waals surface area (Å²) in [6.45, 7) is 0.493. The fourth-order valence-electron chi connectivity index (χ4n) is 1.91. The molecule has 0 bridgehead atoms. The Hall–Kier alpha value is -1.01. The van der Waals surface area contributed by atoms with Gasteiger partial charge in [-0.25, -0.2) is 4.39 Å². The topological polar surface area (TPSA) is 46.3 Å². The number of amides is 1. The number of nitrogens with zero attached hydrogens (tertiary/aromatic N) is 1. The van der Waals surface area contributed by atoms with Crippen LogP contribution in [0.3, 0.4) is 0 Å². The Labute approximate surface area is 125 Å². The van der Waals surface area contributed by atoms with E-state index in [1.54, 1.807) is 11.0 Å². The number of hydrogen-bond donors (Lipinski definition) is 1. The highest BCUT2D eigenvalue weighted by Crippen LogP contribution is 2.29. The van der Waals surface area contributed by atoms with Gasteiger partial charge in [0.25, 0.3) is 5.91 Å². The van der Waals surface area contributed by atoms with Gasteiger partial charge in [0.05, 0.1) is 4.99 Å². The van der Waals surface area contributed by atoms with Crippen molar-refractivity contribution >= 4 is 39.0 Å². The van der Waals surface area contributed by atoms with Gasteiger partial charge in [0.2, 0.25) is 0 Å². The molecule has 2 N–H and O–H groups in total. The van der Waals surface area contributed by atoms with Gasteiger partial charge >= 0.3 is 0 Å². The summed E-state index contributed by atoms with van der Waals surface area (Å²) in [6, 6.07) is 4.45. The van der Waals surface area contributed by atoms with E-state index >= 15 is 0 Å². The quantitative estimate of drug-likeness (QED) is 0.835. The molecule has 0 radical (unpaired) electrons. The Balaban J connectivity index is 2.16. The monoisotopic (exact) mass is 344 g/mol. The molecule has 1 aromatic carbocycles. The van der Waals surface area contributed by atoms with Crippen molar-refractivity contribution in [2.75, 3.05) is 6.54 Å². The standard InChI is InChI=1S/C13H14BrFN2OS/c14-9-5-8(6-10(15)7-9)13(18)17(11-1-2-11)4-3-12(16)19/h5-7,11H,1-4H2,(H2,16,19). The van der Waals surface area contributed by atoms with E-state index < -0.39 is 5.82 Å². The van der Waals surface area contributed by atoms with E-state index in [1.165, 1.54) is 12.1 Å². The minimum atomic E-state index is -0.428. The summed E-state index contributed by atoms with van der Waals surface area (Å²) in [5.41, 5.74) is 5.82. The molecule has 0 aromatic heterocycles. The Kier molecular flexibility index (Phi) is 4.52. The molecule has 0 atom stereocenters. The summed E-state index contributed by atoms with van der Waals surface area (Å²) in [6.07, 6.45) is 2.47. The number of halogens is 2. The first-order valence-corrected chi connectivity index (χ1v) is 7.23. The van der Waals surface area contributed by atoms with Crippen molar-refractivity contribution in [1.82, 2.24) is 4.90 Å². The summed E-state index contributed by atoms with van der Waals surface area (Å²) in [5.74, 6) is -0.596. The van der Waals surface area contributed by atoms with Crippen LogP contribution in [0, 0.1) is 5.82 Å². The molecule has 1 aliphatic rings. The van der Waals surface area contributed by atoms with Crippen molar-refractivity contribution in [1.29, 1.82) is 0 Å². The Morgan fingerprint density at radius 2 is 2.16 bits per heavy atom. The molecule has 102 valence electrons. The molecule has 1 saturated carbocycles. The first kappa shape index (κ1) is 14.4. The van der Waals surface area contributed by atoms with E-state index in [0.717, 1.165) is 12.8 Å². The molecule has 0 unspecified atom stereocenters. The summed E-state index contributed by atoms with van der Waals surface area (Å²) >= 11 is 8.03. The van der Waals surface area contributed by atoms with E-state index in [1.807, 2.05) is 0 Å². The summed E-state index contributed by atoms with van der Waals surface area (Å²) in [5, 5.41) is 0. The fourth-order valence-corrected chi connectivity index (χ4v) is 2.47. The molecule has 0 saturated heterocycles. The number of carbonyl (C=O) groups is 1. The van der Waals surface area contributed by atoms with Gasteiger partial charge in [-0.1, -0.05) is 28.1 Å². The van der Waals surface area contributed by atoms with Crippen LogP contribution in [0.4, 0.5) is 4.39 Å². The van der Waals surface area contributed by atoms with Crippen molar-refractivity contribution < 1.29 is 9.18 Å². The predicted molar refractivity (Wildman–Crippen MR) is 79.6 cm³/mol. The zero-order valence-electron chi connectivity index (χ0n) is 10.2. The van der Waals surface area contributed by atoms with Crippen LogP contribution >= 0.6 is 28.1 Å². The molecule has 2 rings (SSSR count). The zero-order chi connectivity index (χ0) is 14.0. The first-order valence-electron chi connectivity index (χ1n) is 6.03. The number of hydrogen-bond acceptors (Lipinski definition) is 2. The third kappa shape index (κ3) is 3.98. The predicted octanol–water partition coefficient (Wildman–Crippen LogP) is 2.87. The maximum Gasteiger partial charge on any atom is 0.254 e. The fraction of sp³-hybridized carbons (Fsp3) is 0.385. The minimum Gasteiger partial charge on any atom is -0.393 e. The first-order chi connectivity index (χ1) is 8.97. The average Bonchev–Trinajstić information content (AvgIpc) is 3.11. The smallest absolute Gasteiger partial charge is 0.254 e. The molecule has 3 nitrogen and oxygen atoms in total. The highest BCUT2D eigenvalue weighted by molar-refractivity contribution is 9.10. The van der Waals surface area contributed by atoms with Crippen molar-refractivity contribution in [2.45, 2.75) is 25.3 Å². The molecule has 0 aliphatic heterocycles. The number of benzene rings is 1. The Bertz CT molecular complexity index is 499. The van der Waals surface area contributed by atoms with Gasteiger partial charge in [0.1, 0.15) is 5.82 Å². The van der Waals surface area contributed by atoms with Gasteiger partial charge in [-0.2, -0.15) is 0 Å². The SMILES string of the molecule is NC(=S)CCN(C(=O)c1cc(F)cc(Br)c1)C1CC1. The van der Waals surface area contributed by atoms with Gasteiger partial charge in [0.15, 0.2) is 0 Å². The van der Waals surface area contributed by atoms with Crippen LogP contribution in [0.15, 0.2) is 22.7 Å². The molecule has 1 amide bonds. The second-order valence-corrected chi connectivity index (χ2v) is 6.04. The molecular weight excluding hydrogens is 331 g/mol. The lowest BCUT2D eigenvalue weighted by Gasteiger charge is -2.22. The van der Waals surface area contributed by atoms with Crippen molar-refractivity contribution in [3.8, 4) is 0 Å². The molecule has 1 fully saturated rings. The molecule has 6 heteroatoms. The minimum absolute atomic E-state index is 0.168. The van der Waals surface area contributed by atoms with Gasteiger partial charge in [-0.3, -0.25) is 4.79 Å². The van der Waals surface area contributed by atoms with Crippen LogP contribution in [-0.4, -0.2) is 28.4 Å². The molecule has 1 aromatic rings. The zero-order valence-corrected chi connectivity index (χ0v) is 12.6. The normalized spacial score (nSPS) is 14.2. The lowest BCUT2D eigenvalue weighted by molar-refractivity contribution is 0.0747. The lowest BCUT2D eigenvalue weighted by Crippen LogP contribution is -2.35. The van der Waals surface area contributed by atoms with Crippen LogP contribution in [-0.2, 0) is 0 Å². The molecule has 0 heterocycles. The second kappa shape index (κ2) is 5.96. The number of rotatable bonds is 5. The molecular formula is C13H14BrFN2OS. The number of nitrogens with two attached hydrogens (primary N) is 1. The summed E-state index contributed by atoms with van der Waals surface area (Å²) < 4.78 is 13.9.